The average molecular weight is 318 g/mol. The molecule has 0 radical (unpaired) electrons. The fraction of sp³-hybridized carbons (Fsp3) is 0.333. The van der Waals surface area contributed by atoms with Gasteiger partial charge in [0.15, 0.2) is 0 Å². The van der Waals surface area contributed by atoms with Crippen LogP contribution in [0.1, 0.15) is 24.0 Å². The van der Waals surface area contributed by atoms with Crippen LogP contribution in [-0.2, 0) is 19.1 Å². The van der Waals surface area contributed by atoms with Gasteiger partial charge >= 0.3 is 11.9 Å². The summed E-state index contributed by atoms with van der Waals surface area (Å²) in [6, 6.07) is 5.65. The minimum absolute atomic E-state index is 0.366. The third kappa shape index (κ3) is 7.31. The van der Waals surface area contributed by atoms with Gasteiger partial charge in [0.25, 0.3) is 0 Å². The van der Waals surface area contributed by atoms with E-state index in [0.29, 0.717) is 13.2 Å². The second kappa shape index (κ2) is 10.2. The standard InChI is InChI=1S/C18H22O5/c1-4-17(19)23-12-6-5-11-22-16-9-7-15(14(2)13-16)8-10-18(20)21-3/h4,7-10,13H,1,5-6,11-12H2,2-3H3. The largest absolute Gasteiger partial charge is 0.494 e. The van der Waals surface area contributed by atoms with Crippen molar-refractivity contribution < 1.29 is 23.8 Å². The average Bonchev–Trinajstić information content (AvgIpc) is 2.56. The molecule has 0 aromatic heterocycles. The lowest BCUT2D eigenvalue weighted by molar-refractivity contribution is -0.138. The molecule has 0 aliphatic heterocycles. The topological polar surface area (TPSA) is 61.8 Å². The predicted octanol–water partition coefficient (Wildman–Crippen LogP) is 3.07. The smallest absolute Gasteiger partial charge is 0.330 e. The summed E-state index contributed by atoms with van der Waals surface area (Å²) in [6.45, 7) is 6.18. The number of esters is 2. The zero-order chi connectivity index (χ0) is 17.1. The summed E-state index contributed by atoms with van der Waals surface area (Å²) in [5.74, 6) is -0.0279. The van der Waals surface area contributed by atoms with Gasteiger partial charge in [-0.25, -0.2) is 9.59 Å². The van der Waals surface area contributed by atoms with Crippen molar-refractivity contribution in [2.75, 3.05) is 20.3 Å². The molecule has 0 saturated heterocycles. The van der Waals surface area contributed by atoms with Gasteiger partial charge in [0, 0.05) is 12.2 Å². The molecule has 5 heteroatoms. The summed E-state index contributed by atoms with van der Waals surface area (Å²) in [5.41, 5.74) is 1.93. The Bertz CT molecular complexity index is 575. The summed E-state index contributed by atoms with van der Waals surface area (Å²) in [7, 11) is 1.34. The molecule has 1 aromatic rings. The van der Waals surface area contributed by atoms with Crippen LogP contribution in [0.15, 0.2) is 36.9 Å². The highest BCUT2D eigenvalue weighted by molar-refractivity contribution is 5.87. The molecule has 0 atom stereocenters. The number of unbranched alkanes of at least 4 members (excludes halogenated alkanes) is 1. The van der Waals surface area contributed by atoms with E-state index in [-0.39, 0.29) is 5.97 Å². The predicted molar refractivity (Wildman–Crippen MR) is 88.1 cm³/mol. The molecule has 0 heterocycles. The third-order valence-corrected chi connectivity index (χ3v) is 3.06. The Kier molecular flexibility index (Phi) is 8.21. The Hall–Kier alpha value is -2.56. The maximum atomic E-state index is 11.1. The van der Waals surface area contributed by atoms with E-state index < -0.39 is 5.97 Å². The van der Waals surface area contributed by atoms with Gasteiger partial charge < -0.3 is 14.2 Å². The van der Waals surface area contributed by atoms with Gasteiger partial charge in [-0.1, -0.05) is 12.6 Å². The number of carbonyl (C=O) groups is 2. The van der Waals surface area contributed by atoms with Crippen molar-refractivity contribution in [2.24, 2.45) is 0 Å². The lowest BCUT2D eigenvalue weighted by Crippen LogP contribution is -2.04. The Morgan fingerprint density at radius 2 is 1.91 bits per heavy atom. The molecule has 1 rings (SSSR count). The van der Waals surface area contributed by atoms with E-state index >= 15 is 0 Å². The number of aryl methyl sites for hydroxylation is 1. The van der Waals surface area contributed by atoms with E-state index in [4.69, 9.17) is 9.47 Å². The SMILES string of the molecule is C=CC(=O)OCCCCOc1ccc(C=CC(=O)OC)c(C)c1. The van der Waals surface area contributed by atoms with Gasteiger partial charge in [-0.15, -0.1) is 0 Å². The van der Waals surface area contributed by atoms with Crippen molar-refractivity contribution in [2.45, 2.75) is 19.8 Å². The summed E-state index contributed by atoms with van der Waals surface area (Å²) >= 11 is 0. The number of ether oxygens (including phenoxy) is 3. The molecule has 0 spiro atoms. The van der Waals surface area contributed by atoms with E-state index in [9.17, 15) is 9.59 Å². The highest BCUT2D eigenvalue weighted by Crippen LogP contribution is 2.18. The zero-order valence-corrected chi connectivity index (χ0v) is 13.5. The minimum Gasteiger partial charge on any atom is -0.494 e. The van der Waals surface area contributed by atoms with Crippen molar-refractivity contribution in [3.8, 4) is 5.75 Å². The van der Waals surface area contributed by atoms with E-state index in [1.165, 1.54) is 13.2 Å². The third-order valence-electron chi connectivity index (χ3n) is 3.06. The first kappa shape index (κ1) is 18.5. The Labute approximate surface area is 136 Å². The van der Waals surface area contributed by atoms with Crippen LogP contribution in [0.25, 0.3) is 6.08 Å². The van der Waals surface area contributed by atoms with Gasteiger partial charge in [-0.2, -0.15) is 0 Å². The summed E-state index contributed by atoms with van der Waals surface area (Å²) in [4.78, 5) is 21.9. The van der Waals surface area contributed by atoms with Crippen LogP contribution >= 0.6 is 0 Å². The van der Waals surface area contributed by atoms with Crippen molar-refractivity contribution in [1.29, 1.82) is 0 Å². The highest BCUT2D eigenvalue weighted by atomic mass is 16.5. The molecule has 0 aliphatic rings. The van der Waals surface area contributed by atoms with Gasteiger partial charge in [0.05, 0.1) is 20.3 Å². The zero-order valence-electron chi connectivity index (χ0n) is 13.5. The van der Waals surface area contributed by atoms with E-state index in [1.54, 1.807) is 6.08 Å². The number of benzene rings is 1. The molecule has 1 aromatic carbocycles. The molecule has 23 heavy (non-hydrogen) atoms. The first-order valence-electron chi connectivity index (χ1n) is 7.35. The van der Waals surface area contributed by atoms with Crippen molar-refractivity contribution >= 4 is 18.0 Å². The molecule has 0 unspecified atom stereocenters. The van der Waals surface area contributed by atoms with Crippen molar-refractivity contribution in [1.82, 2.24) is 0 Å². The van der Waals surface area contributed by atoms with Crippen LogP contribution in [-0.4, -0.2) is 32.3 Å². The fourth-order valence-electron chi connectivity index (χ4n) is 1.78. The molecule has 0 amide bonds. The first-order chi connectivity index (χ1) is 11.1. The summed E-state index contributed by atoms with van der Waals surface area (Å²) in [6.07, 6.45) is 5.76. The normalized spacial score (nSPS) is 10.3. The van der Waals surface area contributed by atoms with Gasteiger partial charge in [0.1, 0.15) is 5.75 Å². The van der Waals surface area contributed by atoms with Crippen LogP contribution in [0.4, 0.5) is 0 Å². The molecule has 124 valence electrons. The number of rotatable bonds is 9. The molecule has 0 saturated carbocycles. The monoisotopic (exact) mass is 318 g/mol. The Balaban J connectivity index is 2.37. The number of carbonyl (C=O) groups excluding carboxylic acids is 2. The molecule has 0 bridgehead atoms. The van der Waals surface area contributed by atoms with Crippen LogP contribution in [0.2, 0.25) is 0 Å². The van der Waals surface area contributed by atoms with Gasteiger partial charge in [0.2, 0.25) is 0 Å². The molecular formula is C18H22O5. The molecule has 5 nitrogen and oxygen atoms in total. The maximum Gasteiger partial charge on any atom is 0.330 e. The van der Waals surface area contributed by atoms with Crippen molar-refractivity contribution in [3.63, 3.8) is 0 Å². The summed E-state index contributed by atoms with van der Waals surface area (Å²) in [5, 5.41) is 0. The van der Waals surface area contributed by atoms with Crippen molar-refractivity contribution in [3.05, 3.63) is 48.1 Å². The molecule has 0 fully saturated rings. The number of hydrogen-bond acceptors (Lipinski definition) is 5. The Morgan fingerprint density at radius 3 is 2.57 bits per heavy atom. The van der Waals surface area contributed by atoms with E-state index in [2.05, 4.69) is 11.3 Å². The lowest BCUT2D eigenvalue weighted by atomic mass is 10.1. The van der Waals surface area contributed by atoms with Crippen LogP contribution in [0.5, 0.6) is 5.75 Å². The second-order valence-corrected chi connectivity index (χ2v) is 4.80. The lowest BCUT2D eigenvalue weighted by Gasteiger charge is -2.08. The van der Waals surface area contributed by atoms with Gasteiger partial charge in [-0.05, 0) is 49.1 Å². The fourth-order valence-corrected chi connectivity index (χ4v) is 1.78. The maximum absolute atomic E-state index is 11.1. The minimum atomic E-state index is -0.405. The van der Waals surface area contributed by atoms with Crippen LogP contribution in [0, 0.1) is 6.92 Å². The Morgan fingerprint density at radius 1 is 1.17 bits per heavy atom. The van der Waals surface area contributed by atoms with Crippen LogP contribution < -0.4 is 4.74 Å². The second-order valence-electron chi connectivity index (χ2n) is 4.80. The number of methoxy groups -OCH3 is 1. The quantitative estimate of drug-likeness (QED) is 0.398. The highest BCUT2D eigenvalue weighted by Gasteiger charge is 2.01. The van der Waals surface area contributed by atoms with E-state index in [1.807, 2.05) is 25.1 Å². The van der Waals surface area contributed by atoms with Gasteiger partial charge in [-0.3, -0.25) is 0 Å². The molecular weight excluding hydrogens is 296 g/mol. The van der Waals surface area contributed by atoms with E-state index in [0.717, 1.165) is 35.8 Å². The first-order valence-corrected chi connectivity index (χ1v) is 7.35. The molecule has 0 aliphatic carbocycles. The molecule has 0 N–H and O–H groups in total. The number of hydrogen-bond donors (Lipinski definition) is 0. The summed E-state index contributed by atoms with van der Waals surface area (Å²) < 4.78 is 15.1. The van der Waals surface area contributed by atoms with Crippen LogP contribution in [0.3, 0.4) is 0 Å².